The molecule has 0 unspecified atom stereocenters. The lowest BCUT2D eigenvalue weighted by Crippen LogP contribution is -1.98. The van der Waals surface area contributed by atoms with E-state index in [0.29, 0.717) is 10.6 Å². The number of nitrogens with two attached hydrogens (primary N) is 1. The normalized spacial score (nSPS) is 9.75. The zero-order valence-corrected chi connectivity index (χ0v) is 11.5. The second-order valence-electron chi connectivity index (χ2n) is 4.07. The molecule has 0 radical (unpaired) electrons. The number of halogens is 2. The molecule has 4 heteroatoms. The highest BCUT2D eigenvalue weighted by atomic mass is 35.5. The zero-order valence-electron chi connectivity index (χ0n) is 10.7. The van der Waals surface area contributed by atoms with E-state index < -0.39 is 5.82 Å². The van der Waals surface area contributed by atoms with Gasteiger partial charge in [0.05, 0.1) is 6.54 Å². The Labute approximate surface area is 122 Å². The molecule has 0 amide bonds. The number of hydrogen-bond donors (Lipinski definition) is 1. The maximum Gasteiger partial charge on any atom is 0.165 e. The van der Waals surface area contributed by atoms with Crippen LogP contribution in [0.15, 0.2) is 42.5 Å². The van der Waals surface area contributed by atoms with Crippen molar-refractivity contribution in [2.24, 2.45) is 5.73 Å². The van der Waals surface area contributed by atoms with Gasteiger partial charge in [0.25, 0.3) is 0 Å². The molecule has 0 atom stereocenters. The lowest BCUT2D eigenvalue weighted by Gasteiger charge is -2.08. The van der Waals surface area contributed by atoms with Crippen molar-refractivity contribution in [3.63, 3.8) is 0 Å². The van der Waals surface area contributed by atoms with E-state index in [1.165, 1.54) is 6.07 Å². The summed E-state index contributed by atoms with van der Waals surface area (Å²) in [4.78, 5) is 0. The molecule has 0 saturated carbocycles. The van der Waals surface area contributed by atoms with E-state index in [1.807, 2.05) is 12.1 Å². The number of hydrogen-bond acceptors (Lipinski definition) is 2. The minimum absolute atomic E-state index is 0.170. The van der Waals surface area contributed by atoms with Crippen molar-refractivity contribution in [2.75, 3.05) is 6.54 Å². The summed E-state index contributed by atoms with van der Waals surface area (Å²) in [6.07, 6.45) is 0. The van der Waals surface area contributed by atoms with Gasteiger partial charge in [-0.25, -0.2) is 4.39 Å². The highest BCUT2D eigenvalue weighted by Gasteiger charge is 2.04. The second kappa shape index (κ2) is 6.95. The summed E-state index contributed by atoms with van der Waals surface area (Å²) in [7, 11) is 0. The third-order valence-electron chi connectivity index (χ3n) is 2.57. The summed E-state index contributed by atoms with van der Waals surface area (Å²) in [5.41, 5.74) is 6.88. The van der Waals surface area contributed by atoms with Crippen LogP contribution in [0.4, 0.5) is 4.39 Å². The Balaban J connectivity index is 2.10. The Morgan fingerprint density at radius 2 is 1.90 bits per heavy atom. The molecule has 2 aromatic carbocycles. The second-order valence-corrected chi connectivity index (χ2v) is 4.50. The first-order valence-corrected chi connectivity index (χ1v) is 6.42. The molecule has 0 aliphatic carbocycles. The minimum Gasteiger partial charge on any atom is -0.486 e. The SMILES string of the molecule is NCC#Cc1ccc(F)c(OCc2ccc(Cl)cc2)c1. The fourth-order valence-electron chi connectivity index (χ4n) is 1.59. The molecule has 2 nitrogen and oxygen atoms in total. The summed E-state index contributed by atoms with van der Waals surface area (Å²) in [6, 6.07) is 11.7. The zero-order chi connectivity index (χ0) is 14.4. The van der Waals surface area contributed by atoms with E-state index in [9.17, 15) is 4.39 Å². The van der Waals surface area contributed by atoms with Gasteiger partial charge in [-0.3, -0.25) is 0 Å². The smallest absolute Gasteiger partial charge is 0.165 e. The average molecular weight is 290 g/mol. The van der Waals surface area contributed by atoms with Gasteiger partial charge >= 0.3 is 0 Å². The van der Waals surface area contributed by atoms with Crippen molar-refractivity contribution in [3.05, 3.63) is 64.4 Å². The lowest BCUT2D eigenvalue weighted by molar-refractivity contribution is 0.290. The van der Waals surface area contributed by atoms with Gasteiger partial charge in [-0.2, -0.15) is 0 Å². The summed E-state index contributed by atoms with van der Waals surface area (Å²) < 4.78 is 19.1. The molecular weight excluding hydrogens is 277 g/mol. The standard InChI is InChI=1S/C16H13ClFNO/c17-14-6-3-13(4-7-14)11-20-16-10-12(2-1-9-19)5-8-15(16)18/h3-8,10H,9,11,19H2. The molecule has 0 saturated heterocycles. The van der Waals surface area contributed by atoms with Crippen LogP contribution in [0.25, 0.3) is 0 Å². The van der Waals surface area contributed by atoms with Crippen molar-refractivity contribution in [3.8, 4) is 17.6 Å². The summed E-state index contributed by atoms with van der Waals surface area (Å²) >= 11 is 5.80. The first-order valence-electron chi connectivity index (χ1n) is 6.05. The molecule has 2 aromatic rings. The number of rotatable bonds is 3. The van der Waals surface area contributed by atoms with E-state index >= 15 is 0 Å². The highest BCUT2D eigenvalue weighted by molar-refractivity contribution is 6.30. The Kier molecular flexibility index (Phi) is 5.00. The lowest BCUT2D eigenvalue weighted by atomic mass is 10.2. The molecular formula is C16H13ClFNO. The van der Waals surface area contributed by atoms with Crippen molar-refractivity contribution in [1.29, 1.82) is 0 Å². The van der Waals surface area contributed by atoms with Crippen LogP contribution in [0.5, 0.6) is 5.75 Å². The molecule has 0 aliphatic rings. The van der Waals surface area contributed by atoms with Crippen LogP contribution in [0, 0.1) is 17.7 Å². The third kappa shape index (κ3) is 3.99. The summed E-state index contributed by atoms with van der Waals surface area (Å²) in [5.74, 6) is 5.31. The van der Waals surface area contributed by atoms with E-state index in [-0.39, 0.29) is 18.9 Å². The van der Waals surface area contributed by atoms with E-state index in [0.717, 1.165) is 5.56 Å². The van der Waals surface area contributed by atoms with Crippen LogP contribution in [-0.4, -0.2) is 6.54 Å². The first kappa shape index (κ1) is 14.4. The van der Waals surface area contributed by atoms with Gasteiger partial charge in [0.1, 0.15) is 6.61 Å². The maximum atomic E-state index is 13.6. The molecule has 0 spiro atoms. The Morgan fingerprint density at radius 1 is 1.15 bits per heavy atom. The third-order valence-corrected chi connectivity index (χ3v) is 2.83. The monoisotopic (exact) mass is 289 g/mol. The predicted molar refractivity (Wildman–Crippen MR) is 78.1 cm³/mol. The van der Waals surface area contributed by atoms with Crippen LogP contribution < -0.4 is 10.5 Å². The maximum absolute atomic E-state index is 13.6. The van der Waals surface area contributed by atoms with Crippen molar-refractivity contribution >= 4 is 11.6 Å². The van der Waals surface area contributed by atoms with Gasteiger partial charge in [-0.1, -0.05) is 35.6 Å². The van der Waals surface area contributed by atoms with Crippen molar-refractivity contribution < 1.29 is 9.13 Å². The molecule has 2 N–H and O–H groups in total. The van der Waals surface area contributed by atoms with Gasteiger partial charge in [-0.15, -0.1) is 0 Å². The van der Waals surface area contributed by atoms with Gasteiger partial charge in [0, 0.05) is 10.6 Å². The molecule has 0 heterocycles. The van der Waals surface area contributed by atoms with Crippen molar-refractivity contribution in [1.82, 2.24) is 0 Å². The quantitative estimate of drug-likeness (QED) is 0.879. The first-order chi connectivity index (χ1) is 9.69. The van der Waals surface area contributed by atoms with E-state index in [2.05, 4.69) is 11.8 Å². The molecule has 0 fully saturated rings. The largest absolute Gasteiger partial charge is 0.486 e. The fourth-order valence-corrected chi connectivity index (χ4v) is 1.71. The Morgan fingerprint density at radius 3 is 2.60 bits per heavy atom. The fraction of sp³-hybridized carbons (Fsp3) is 0.125. The topological polar surface area (TPSA) is 35.2 Å². The molecule has 0 bridgehead atoms. The minimum atomic E-state index is -0.419. The van der Waals surface area contributed by atoms with Crippen LogP contribution in [0.3, 0.4) is 0 Å². The van der Waals surface area contributed by atoms with E-state index in [1.54, 1.807) is 24.3 Å². The van der Waals surface area contributed by atoms with Gasteiger partial charge in [0.2, 0.25) is 0 Å². The molecule has 0 aliphatic heterocycles. The average Bonchev–Trinajstić information content (AvgIpc) is 2.46. The Bertz CT molecular complexity index is 644. The summed E-state index contributed by atoms with van der Waals surface area (Å²) in [5, 5.41) is 0.652. The predicted octanol–water partition coefficient (Wildman–Crippen LogP) is 3.37. The van der Waals surface area contributed by atoms with Crippen LogP contribution in [0.2, 0.25) is 5.02 Å². The Hall–Kier alpha value is -2.02. The van der Waals surface area contributed by atoms with Crippen molar-refractivity contribution in [2.45, 2.75) is 6.61 Å². The van der Waals surface area contributed by atoms with Crippen LogP contribution in [-0.2, 0) is 6.61 Å². The molecule has 102 valence electrons. The number of benzene rings is 2. The number of ether oxygens (including phenoxy) is 1. The van der Waals surface area contributed by atoms with Gasteiger partial charge in [-0.05, 0) is 35.9 Å². The van der Waals surface area contributed by atoms with E-state index in [4.69, 9.17) is 22.1 Å². The highest BCUT2D eigenvalue weighted by Crippen LogP contribution is 2.20. The van der Waals surface area contributed by atoms with Gasteiger partial charge in [0.15, 0.2) is 11.6 Å². The molecule has 2 rings (SSSR count). The summed E-state index contributed by atoms with van der Waals surface area (Å²) in [6.45, 7) is 0.528. The van der Waals surface area contributed by atoms with Gasteiger partial charge < -0.3 is 10.5 Å². The van der Waals surface area contributed by atoms with Crippen LogP contribution >= 0.6 is 11.6 Å². The molecule has 0 aromatic heterocycles. The molecule has 20 heavy (non-hydrogen) atoms. The van der Waals surface area contributed by atoms with Crippen LogP contribution in [0.1, 0.15) is 11.1 Å².